The van der Waals surface area contributed by atoms with E-state index in [-0.39, 0.29) is 17.7 Å². The molecule has 0 radical (unpaired) electrons. The summed E-state index contributed by atoms with van der Waals surface area (Å²) in [7, 11) is 0. The number of hydrogen-bond donors (Lipinski definition) is 0. The fraction of sp³-hybridized carbons (Fsp3) is 0.909. The molecular formula is C11H18O3. The highest BCUT2D eigenvalue weighted by Gasteiger charge is 2.50. The van der Waals surface area contributed by atoms with E-state index in [1.807, 2.05) is 0 Å². The molecule has 80 valence electrons. The second kappa shape index (κ2) is 3.54. The van der Waals surface area contributed by atoms with Crippen molar-refractivity contribution in [3.8, 4) is 0 Å². The second-order valence-electron chi connectivity index (χ2n) is 4.72. The van der Waals surface area contributed by atoms with E-state index >= 15 is 0 Å². The summed E-state index contributed by atoms with van der Waals surface area (Å²) in [6.07, 6.45) is 4.55. The predicted octanol–water partition coefficient (Wildman–Crippen LogP) is 2.10. The van der Waals surface area contributed by atoms with Gasteiger partial charge in [0.15, 0.2) is 0 Å². The van der Waals surface area contributed by atoms with Crippen molar-refractivity contribution in [2.75, 3.05) is 6.61 Å². The highest BCUT2D eigenvalue weighted by atomic mass is 16.7. The molecule has 1 aliphatic heterocycles. The number of hydrogen-bond acceptors (Lipinski definition) is 3. The van der Waals surface area contributed by atoms with E-state index in [9.17, 15) is 4.79 Å². The van der Waals surface area contributed by atoms with E-state index < -0.39 is 0 Å². The minimum atomic E-state index is -0.301. The number of carbonyl (C=O) groups is 1. The zero-order valence-electron chi connectivity index (χ0n) is 8.91. The van der Waals surface area contributed by atoms with Crippen molar-refractivity contribution in [2.45, 2.75) is 45.8 Å². The predicted molar refractivity (Wildman–Crippen MR) is 51.6 cm³/mol. The van der Waals surface area contributed by atoms with Gasteiger partial charge in [-0.1, -0.05) is 19.8 Å². The highest BCUT2D eigenvalue weighted by Crippen LogP contribution is 2.49. The van der Waals surface area contributed by atoms with Crippen LogP contribution in [0, 0.1) is 11.3 Å². The van der Waals surface area contributed by atoms with Gasteiger partial charge >= 0.3 is 5.97 Å². The van der Waals surface area contributed by atoms with Crippen molar-refractivity contribution in [1.82, 2.24) is 0 Å². The highest BCUT2D eigenvalue weighted by molar-refractivity contribution is 5.66. The van der Waals surface area contributed by atoms with Gasteiger partial charge in [-0.25, -0.2) is 0 Å². The summed E-state index contributed by atoms with van der Waals surface area (Å²) in [4.78, 5) is 10.9. The molecule has 2 rings (SSSR count). The largest absolute Gasteiger partial charge is 0.435 e. The molecule has 14 heavy (non-hydrogen) atoms. The van der Waals surface area contributed by atoms with Crippen LogP contribution in [0.5, 0.6) is 0 Å². The fourth-order valence-electron chi connectivity index (χ4n) is 2.73. The van der Waals surface area contributed by atoms with Gasteiger partial charge in [0.25, 0.3) is 0 Å². The molecule has 0 aromatic heterocycles. The van der Waals surface area contributed by atoms with Gasteiger partial charge in [0.05, 0.1) is 6.61 Å². The number of rotatable bonds is 1. The van der Waals surface area contributed by atoms with Crippen LogP contribution >= 0.6 is 0 Å². The zero-order chi connectivity index (χ0) is 10.2. The van der Waals surface area contributed by atoms with Crippen LogP contribution in [-0.4, -0.2) is 18.9 Å². The molecule has 1 heterocycles. The van der Waals surface area contributed by atoms with Crippen molar-refractivity contribution >= 4 is 5.97 Å². The third kappa shape index (κ3) is 1.54. The summed E-state index contributed by atoms with van der Waals surface area (Å²) in [5.41, 5.74) is 0.0733. The summed E-state index contributed by atoms with van der Waals surface area (Å²) < 4.78 is 10.8. The van der Waals surface area contributed by atoms with Gasteiger partial charge in [-0.05, 0) is 18.8 Å². The third-order valence-corrected chi connectivity index (χ3v) is 3.71. The van der Waals surface area contributed by atoms with Crippen LogP contribution in [0.15, 0.2) is 0 Å². The van der Waals surface area contributed by atoms with Gasteiger partial charge in [0.1, 0.15) is 0 Å². The Balaban J connectivity index is 2.09. The Morgan fingerprint density at radius 1 is 1.50 bits per heavy atom. The second-order valence-corrected chi connectivity index (χ2v) is 4.72. The minimum absolute atomic E-state index is 0.0733. The standard InChI is InChI=1S/C11H18O3/c1-8(12)14-10-11(2)6-4-3-5-9(11)7-13-10/h9-10H,3-7H2,1-2H3/t9?,10?,11-/m0/s1. The lowest BCUT2D eigenvalue weighted by Gasteiger charge is -2.37. The fourth-order valence-corrected chi connectivity index (χ4v) is 2.73. The van der Waals surface area contributed by atoms with Crippen LogP contribution in [0.1, 0.15) is 39.5 Å². The van der Waals surface area contributed by atoms with Crippen LogP contribution < -0.4 is 0 Å². The van der Waals surface area contributed by atoms with Gasteiger partial charge in [0, 0.05) is 12.3 Å². The first-order chi connectivity index (χ1) is 6.63. The quantitative estimate of drug-likeness (QED) is 0.605. The zero-order valence-corrected chi connectivity index (χ0v) is 8.91. The average Bonchev–Trinajstić information content (AvgIpc) is 2.43. The van der Waals surface area contributed by atoms with Gasteiger partial charge < -0.3 is 9.47 Å². The van der Waals surface area contributed by atoms with Crippen molar-refractivity contribution < 1.29 is 14.3 Å². The Kier molecular flexibility index (Phi) is 2.52. The van der Waals surface area contributed by atoms with E-state index in [1.165, 1.54) is 26.2 Å². The van der Waals surface area contributed by atoms with Crippen LogP contribution in [0.3, 0.4) is 0 Å². The Hall–Kier alpha value is -0.570. The lowest BCUT2D eigenvalue weighted by Crippen LogP contribution is -2.38. The van der Waals surface area contributed by atoms with E-state index in [2.05, 4.69) is 6.92 Å². The Morgan fingerprint density at radius 3 is 3.00 bits per heavy atom. The van der Waals surface area contributed by atoms with E-state index in [0.717, 1.165) is 13.0 Å². The molecule has 0 bridgehead atoms. The molecule has 0 N–H and O–H groups in total. The number of ether oxygens (including phenoxy) is 2. The lowest BCUT2D eigenvalue weighted by atomic mass is 9.69. The van der Waals surface area contributed by atoms with Gasteiger partial charge in [-0.15, -0.1) is 0 Å². The Morgan fingerprint density at radius 2 is 2.29 bits per heavy atom. The molecule has 3 nitrogen and oxygen atoms in total. The smallest absolute Gasteiger partial charge is 0.304 e. The average molecular weight is 198 g/mol. The maximum atomic E-state index is 10.9. The summed E-state index contributed by atoms with van der Waals surface area (Å²) in [6, 6.07) is 0. The van der Waals surface area contributed by atoms with Crippen molar-refractivity contribution in [2.24, 2.45) is 11.3 Å². The van der Waals surface area contributed by atoms with Crippen LogP contribution in [0.4, 0.5) is 0 Å². The lowest BCUT2D eigenvalue weighted by molar-refractivity contribution is -0.185. The molecule has 1 saturated heterocycles. The maximum Gasteiger partial charge on any atom is 0.304 e. The van der Waals surface area contributed by atoms with E-state index in [1.54, 1.807) is 0 Å². The van der Waals surface area contributed by atoms with Crippen LogP contribution in [0.2, 0.25) is 0 Å². The topological polar surface area (TPSA) is 35.5 Å². The Labute approximate surface area is 84.8 Å². The molecule has 2 fully saturated rings. The first-order valence-corrected chi connectivity index (χ1v) is 5.42. The first kappa shape index (κ1) is 9.97. The molecule has 1 saturated carbocycles. The van der Waals surface area contributed by atoms with Crippen LogP contribution in [-0.2, 0) is 14.3 Å². The molecule has 0 spiro atoms. The van der Waals surface area contributed by atoms with Crippen molar-refractivity contribution in [1.29, 1.82) is 0 Å². The van der Waals surface area contributed by atoms with Gasteiger partial charge in [-0.3, -0.25) is 4.79 Å². The molecule has 2 unspecified atom stereocenters. The molecule has 0 amide bonds. The van der Waals surface area contributed by atoms with Crippen LogP contribution in [0.25, 0.3) is 0 Å². The molecule has 3 heteroatoms. The number of fused-ring (bicyclic) bond motifs is 1. The Bertz CT molecular complexity index is 239. The van der Waals surface area contributed by atoms with E-state index in [0.29, 0.717) is 5.92 Å². The summed E-state index contributed by atoms with van der Waals surface area (Å²) in [5.74, 6) is 0.350. The van der Waals surface area contributed by atoms with E-state index in [4.69, 9.17) is 9.47 Å². The summed E-state index contributed by atoms with van der Waals surface area (Å²) in [5, 5.41) is 0. The monoisotopic (exact) mass is 198 g/mol. The summed E-state index contributed by atoms with van der Waals surface area (Å²) >= 11 is 0. The maximum absolute atomic E-state index is 10.9. The number of esters is 1. The number of carbonyl (C=O) groups excluding carboxylic acids is 1. The summed E-state index contributed by atoms with van der Waals surface area (Å²) in [6.45, 7) is 4.40. The van der Waals surface area contributed by atoms with Gasteiger partial charge in [-0.2, -0.15) is 0 Å². The normalized spacial score (nSPS) is 41.9. The molecule has 1 aliphatic carbocycles. The molecule has 0 aromatic carbocycles. The third-order valence-electron chi connectivity index (χ3n) is 3.71. The van der Waals surface area contributed by atoms with Gasteiger partial charge in [0.2, 0.25) is 6.29 Å². The molecule has 3 atom stereocenters. The minimum Gasteiger partial charge on any atom is -0.435 e. The molecular weight excluding hydrogens is 180 g/mol. The van der Waals surface area contributed by atoms with Crippen molar-refractivity contribution in [3.63, 3.8) is 0 Å². The first-order valence-electron chi connectivity index (χ1n) is 5.42. The molecule has 2 aliphatic rings. The molecule has 0 aromatic rings. The SMILES string of the molecule is CC(=O)OC1OCC2CCCC[C@@]21C. The van der Waals surface area contributed by atoms with Crippen molar-refractivity contribution in [3.05, 3.63) is 0 Å².